The Bertz CT molecular complexity index is 1050. The highest BCUT2D eigenvalue weighted by atomic mass is 35.5. The molecule has 0 unspecified atom stereocenters. The zero-order chi connectivity index (χ0) is 18.1. The lowest BCUT2D eigenvalue weighted by Gasteiger charge is -2.07. The molecule has 1 heterocycles. The molecular weight excluding hydrogens is 363 g/mol. The van der Waals surface area contributed by atoms with Crippen LogP contribution in [0.25, 0.3) is 28.2 Å². The van der Waals surface area contributed by atoms with E-state index in [1.165, 1.54) is 5.56 Å². The molecule has 4 heteroatoms. The Kier molecular flexibility index (Phi) is 4.54. The lowest BCUT2D eigenvalue weighted by molar-refractivity contribution is 0.892. The molecule has 0 saturated carbocycles. The van der Waals surface area contributed by atoms with Gasteiger partial charge in [-0.1, -0.05) is 71.2 Å². The molecule has 0 aliphatic heterocycles. The van der Waals surface area contributed by atoms with E-state index in [0.29, 0.717) is 10.0 Å². The highest BCUT2D eigenvalue weighted by Gasteiger charge is 2.15. The summed E-state index contributed by atoms with van der Waals surface area (Å²) in [5, 5.41) is 6.03. The van der Waals surface area contributed by atoms with Crippen LogP contribution in [0.3, 0.4) is 0 Å². The predicted octanol–water partition coefficient (Wildman–Crippen LogP) is 6.82. The zero-order valence-electron chi connectivity index (χ0n) is 14.2. The third kappa shape index (κ3) is 3.26. The Labute approximate surface area is 162 Å². The van der Waals surface area contributed by atoms with E-state index in [4.69, 9.17) is 28.3 Å². The molecule has 3 aromatic carbocycles. The van der Waals surface area contributed by atoms with Gasteiger partial charge >= 0.3 is 0 Å². The van der Waals surface area contributed by atoms with Gasteiger partial charge in [0.05, 0.1) is 22.1 Å². The van der Waals surface area contributed by atoms with Crippen molar-refractivity contribution in [1.82, 2.24) is 9.78 Å². The van der Waals surface area contributed by atoms with Gasteiger partial charge in [-0.2, -0.15) is 5.10 Å². The molecule has 4 rings (SSSR count). The normalized spacial score (nSPS) is 10.9. The smallest absolute Gasteiger partial charge is 0.0949 e. The van der Waals surface area contributed by atoms with Gasteiger partial charge in [0.25, 0.3) is 0 Å². The first-order chi connectivity index (χ1) is 12.6. The Morgan fingerprint density at radius 2 is 1.54 bits per heavy atom. The Morgan fingerprint density at radius 1 is 0.808 bits per heavy atom. The monoisotopic (exact) mass is 378 g/mol. The lowest BCUT2D eigenvalue weighted by Crippen LogP contribution is -1.99. The fourth-order valence-corrected chi connectivity index (χ4v) is 3.41. The average molecular weight is 379 g/mol. The molecule has 2 nitrogen and oxygen atoms in total. The number of nitrogens with zero attached hydrogens (tertiary/aromatic N) is 2. The molecule has 0 saturated heterocycles. The molecule has 0 bridgehead atoms. The van der Waals surface area contributed by atoms with E-state index in [9.17, 15) is 0 Å². The summed E-state index contributed by atoms with van der Waals surface area (Å²) in [5.74, 6) is 0. The Hall–Kier alpha value is -2.55. The van der Waals surface area contributed by atoms with E-state index >= 15 is 0 Å². The van der Waals surface area contributed by atoms with Gasteiger partial charge in [-0.05, 0) is 43.3 Å². The molecular formula is C22H16Cl2N2. The minimum atomic E-state index is 0.589. The molecule has 0 fully saturated rings. The van der Waals surface area contributed by atoms with Crippen LogP contribution in [0.5, 0.6) is 0 Å². The van der Waals surface area contributed by atoms with Gasteiger partial charge < -0.3 is 0 Å². The van der Waals surface area contributed by atoms with Crippen LogP contribution in [0.2, 0.25) is 10.0 Å². The van der Waals surface area contributed by atoms with Crippen molar-refractivity contribution in [2.45, 2.75) is 6.92 Å². The van der Waals surface area contributed by atoms with E-state index in [1.807, 2.05) is 47.1 Å². The van der Waals surface area contributed by atoms with Crippen LogP contribution in [0.1, 0.15) is 5.56 Å². The van der Waals surface area contributed by atoms with Crippen molar-refractivity contribution in [2.24, 2.45) is 0 Å². The summed E-state index contributed by atoms with van der Waals surface area (Å²) in [6, 6.07) is 26.0. The number of hydrogen-bond donors (Lipinski definition) is 0. The molecule has 0 N–H and O–H groups in total. The summed E-state index contributed by atoms with van der Waals surface area (Å²) in [4.78, 5) is 0. The molecule has 4 aromatic rings. The number of halogens is 2. The minimum absolute atomic E-state index is 0.589. The largest absolute Gasteiger partial charge is 0.232 e. The minimum Gasteiger partial charge on any atom is -0.232 e. The second-order valence-corrected chi connectivity index (χ2v) is 7.00. The van der Waals surface area contributed by atoms with Crippen LogP contribution in [-0.4, -0.2) is 9.78 Å². The summed E-state index contributed by atoms with van der Waals surface area (Å²) >= 11 is 12.4. The number of aryl methyl sites for hydroxylation is 1. The lowest BCUT2D eigenvalue weighted by atomic mass is 10.1. The predicted molar refractivity (Wildman–Crippen MR) is 109 cm³/mol. The molecule has 0 aliphatic carbocycles. The standard InChI is InChI=1S/C22H16Cl2N2/c1-15-7-9-16(10-8-15)22-14-21(19-12-11-17(23)13-20(19)24)25-26(22)18-5-3-2-4-6-18/h2-14H,1H3. The fraction of sp³-hybridized carbons (Fsp3) is 0.0455. The summed E-state index contributed by atoms with van der Waals surface area (Å²) in [6.45, 7) is 2.08. The third-order valence-electron chi connectivity index (χ3n) is 4.26. The second-order valence-electron chi connectivity index (χ2n) is 6.15. The summed E-state index contributed by atoms with van der Waals surface area (Å²) < 4.78 is 1.95. The van der Waals surface area contributed by atoms with E-state index < -0.39 is 0 Å². The number of aromatic nitrogens is 2. The van der Waals surface area contributed by atoms with Crippen molar-refractivity contribution >= 4 is 23.2 Å². The fourth-order valence-electron chi connectivity index (χ4n) is 2.91. The molecule has 0 amide bonds. The van der Waals surface area contributed by atoms with Crippen molar-refractivity contribution in [3.8, 4) is 28.2 Å². The van der Waals surface area contributed by atoms with Crippen LogP contribution < -0.4 is 0 Å². The maximum Gasteiger partial charge on any atom is 0.0949 e. The van der Waals surface area contributed by atoms with Crippen LogP contribution >= 0.6 is 23.2 Å². The molecule has 0 radical (unpaired) electrons. The van der Waals surface area contributed by atoms with Gasteiger partial charge in [-0.3, -0.25) is 0 Å². The van der Waals surface area contributed by atoms with Crippen molar-refractivity contribution in [3.63, 3.8) is 0 Å². The van der Waals surface area contributed by atoms with Crippen LogP contribution in [0.4, 0.5) is 0 Å². The first kappa shape index (κ1) is 16.9. The second kappa shape index (κ2) is 6.99. The SMILES string of the molecule is Cc1ccc(-c2cc(-c3ccc(Cl)cc3Cl)nn2-c2ccccc2)cc1. The molecule has 1 aromatic heterocycles. The van der Waals surface area contributed by atoms with Crippen molar-refractivity contribution in [1.29, 1.82) is 0 Å². The van der Waals surface area contributed by atoms with E-state index in [-0.39, 0.29) is 0 Å². The maximum absolute atomic E-state index is 6.40. The highest BCUT2D eigenvalue weighted by Crippen LogP contribution is 2.33. The summed E-state index contributed by atoms with van der Waals surface area (Å²) in [5.41, 5.74) is 6.01. The quantitative estimate of drug-likeness (QED) is 0.382. The molecule has 0 aliphatic rings. The zero-order valence-corrected chi connectivity index (χ0v) is 15.7. The molecule has 0 spiro atoms. The first-order valence-corrected chi connectivity index (χ1v) is 9.05. The topological polar surface area (TPSA) is 17.8 Å². The van der Waals surface area contributed by atoms with Gasteiger partial charge in [0, 0.05) is 16.1 Å². The maximum atomic E-state index is 6.40. The van der Waals surface area contributed by atoms with Crippen LogP contribution in [-0.2, 0) is 0 Å². The van der Waals surface area contributed by atoms with E-state index in [0.717, 1.165) is 28.2 Å². The van der Waals surface area contributed by atoms with Gasteiger partial charge in [0.2, 0.25) is 0 Å². The van der Waals surface area contributed by atoms with E-state index in [1.54, 1.807) is 6.07 Å². The summed E-state index contributed by atoms with van der Waals surface area (Å²) in [7, 11) is 0. The van der Waals surface area contributed by atoms with Crippen LogP contribution in [0.15, 0.2) is 78.9 Å². The van der Waals surface area contributed by atoms with Gasteiger partial charge in [0.1, 0.15) is 0 Å². The van der Waals surface area contributed by atoms with Crippen LogP contribution in [0, 0.1) is 6.92 Å². The third-order valence-corrected chi connectivity index (χ3v) is 4.81. The average Bonchev–Trinajstić information content (AvgIpc) is 3.08. The Balaban J connectivity index is 1.91. The Morgan fingerprint density at radius 3 is 2.23 bits per heavy atom. The van der Waals surface area contributed by atoms with Gasteiger partial charge in [-0.25, -0.2) is 4.68 Å². The van der Waals surface area contributed by atoms with Crippen molar-refractivity contribution in [2.75, 3.05) is 0 Å². The summed E-state index contributed by atoms with van der Waals surface area (Å²) in [6.07, 6.45) is 0. The first-order valence-electron chi connectivity index (χ1n) is 8.30. The van der Waals surface area contributed by atoms with Gasteiger partial charge in [0.15, 0.2) is 0 Å². The number of hydrogen-bond acceptors (Lipinski definition) is 1. The number of rotatable bonds is 3. The molecule has 128 valence electrons. The van der Waals surface area contributed by atoms with Gasteiger partial charge in [-0.15, -0.1) is 0 Å². The molecule has 0 atom stereocenters. The van der Waals surface area contributed by atoms with Crippen molar-refractivity contribution in [3.05, 3.63) is 94.5 Å². The van der Waals surface area contributed by atoms with Crippen molar-refractivity contribution < 1.29 is 0 Å². The van der Waals surface area contributed by atoms with E-state index in [2.05, 4.69) is 37.3 Å². The molecule has 26 heavy (non-hydrogen) atoms. The highest BCUT2D eigenvalue weighted by molar-refractivity contribution is 6.36. The number of benzene rings is 3. The number of para-hydroxylation sites is 1.